The van der Waals surface area contributed by atoms with Crippen LogP contribution in [0, 0.1) is 5.92 Å². The molecule has 0 radical (unpaired) electrons. The van der Waals surface area contributed by atoms with Gasteiger partial charge in [-0.15, -0.1) is 11.3 Å². The number of thiophene rings is 1. The summed E-state index contributed by atoms with van der Waals surface area (Å²) in [5.74, 6) is 1.32. The van der Waals surface area contributed by atoms with E-state index in [1.54, 1.807) is 18.4 Å². The molecule has 0 bridgehead atoms. The normalized spacial score (nSPS) is 12.5. The zero-order chi connectivity index (χ0) is 20.4. The van der Waals surface area contributed by atoms with Crippen molar-refractivity contribution in [3.8, 4) is 0 Å². The number of amides is 2. The minimum absolute atomic E-state index is 0.107. The number of aliphatic imine (C=N–C) groups is 1. The van der Waals surface area contributed by atoms with Crippen LogP contribution in [0.1, 0.15) is 31.2 Å². The van der Waals surface area contributed by atoms with E-state index in [0.29, 0.717) is 12.5 Å². The van der Waals surface area contributed by atoms with E-state index < -0.39 is 0 Å². The van der Waals surface area contributed by atoms with Crippen LogP contribution in [0.5, 0.6) is 0 Å². The molecular formula is C21H31N5OS. The van der Waals surface area contributed by atoms with Crippen molar-refractivity contribution < 1.29 is 4.79 Å². The lowest BCUT2D eigenvalue weighted by Crippen LogP contribution is -2.39. The van der Waals surface area contributed by atoms with Gasteiger partial charge in [-0.1, -0.05) is 25.1 Å². The van der Waals surface area contributed by atoms with Crippen LogP contribution in [-0.2, 0) is 13.0 Å². The molecule has 28 heavy (non-hydrogen) atoms. The summed E-state index contributed by atoms with van der Waals surface area (Å²) < 4.78 is 0. The largest absolute Gasteiger partial charge is 0.356 e. The number of guanidine groups is 1. The third kappa shape index (κ3) is 8.00. The maximum Gasteiger partial charge on any atom is 0.319 e. The maximum atomic E-state index is 11.7. The topological polar surface area (TPSA) is 77.5 Å². The van der Waals surface area contributed by atoms with Gasteiger partial charge in [0.15, 0.2) is 5.96 Å². The number of nitrogens with zero attached hydrogens (tertiary/aromatic N) is 1. The molecule has 152 valence electrons. The summed E-state index contributed by atoms with van der Waals surface area (Å²) in [7, 11) is 1.78. The number of nitrogens with one attached hydrogen (secondary N) is 4. The number of carbonyl (C=O) groups is 1. The predicted molar refractivity (Wildman–Crippen MR) is 119 cm³/mol. The van der Waals surface area contributed by atoms with Crippen LogP contribution in [0.2, 0.25) is 0 Å². The minimum Gasteiger partial charge on any atom is -0.356 e. The minimum atomic E-state index is -0.192. The highest BCUT2D eigenvalue weighted by atomic mass is 32.1. The molecule has 2 aromatic rings. The van der Waals surface area contributed by atoms with Crippen LogP contribution in [0.25, 0.3) is 0 Å². The highest BCUT2D eigenvalue weighted by molar-refractivity contribution is 7.09. The summed E-state index contributed by atoms with van der Waals surface area (Å²) in [6, 6.07) is 12.0. The lowest BCUT2D eigenvalue weighted by atomic mass is 10.1. The molecule has 1 aromatic heterocycles. The number of urea groups is 1. The first-order valence-corrected chi connectivity index (χ1v) is 10.5. The van der Waals surface area contributed by atoms with Crippen LogP contribution in [-0.4, -0.2) is 31.6 Å². The molecule has 2 amide bonds. The first-order valence-electron chi connectivity index (χ1n) is 9.59. The van der Waals surface area contributed by atoms with Gasteiger partial charge in [0.25, 0.3) is 0 Å². The van der Waals surface area contributed by atoms with Crippen molar-refractivity contribution in [1.82, 2.24) is 16.0 Å². The molecule has 7 heteroatoms. The lowest BCUT2D eigenvalue weighted by molar-refractivity contribution is 0.250. The molecule has 0 aliphatic heterocycles. The second-order valence-corrected chi connectivity index (χ2v) is 8.18. The summed E-state index contributed by atoms with van der Waals surface area (Å²) in [4.78, 5) is 17.4. The Kier molecular flexibility index (Phi) is 8.81. The van der Waals surface area contributed by atoms with Gasteiger partial charge in [-0.3, -0.25) is 4.99 Å². The molecule has 2 rings (SSSR count). The van der Waals surface area contributed by atoms with E-state index in [2.05, 4.69) is 50.7 Å². The van der Waals surface area contributed by atoms with E-state index in [4.69, 9.17) is 0 Å². The summed E-state index contributed by atoms with van der Waals surface area (Å²) >= 11 is 1.80. The van der Waals surface area contributed by atoms with Crippen molar-refractivity contribution in [1.29, 1.82) is 0 Å². The third-order valence-corrected chi connectivity index (χ3v) is 4.96. The predicted octanol–water partition coefficient (Wildman–Crippen LogP) is 3.82. The molecule has 6 nitrogen and oxygen atoms in total. The molecule has 0 aliphatic rings. The Morgan fingerprint density at radius 3 is 2.46 bits per heavy atom. The van der Waals surface area contributed by atoms with Crippen molar-refractivity contribution in [2.24, 2.45) is 10.9 Å². The monoisotopic (exact) mass is 401 g/mol. The van der Waals surface area contributed by atoms with Gasteiger partial charge in [-0.2, -0.15) is 0 Å². The Bertz CT molecular complexity index is 741. The molecule has 1 atom stereocenters. The zero-order valence-corrected chi connectivity index (χ0v) is 17.9. The van der Waals surface area contributed by atoms with E-state index in [0.717, 1.165) is 30.2 Å². The van der Waals surface area contributed by atoms with Crippen molar-refractivity contribution >= 4 is 29.0 Å². The van der Waals surface area contributed by atoms with Gasteiger partial charge in [-0.05, 0) is 55.3 Å². The van der Waals surface area contributed by atoms with E-state index >= 15 is 0 Å². The quantitative estimate of drug-likeness (QED) is 0.401. The Labute approximate surface area is 171 Å². The smallest absolute Gasteiger partial charge is 0.319 e. The van der Waals surface area contributed by atoms with Gasteiger partial charge in [0.2, 0.25) is 0 Å². The van der Waals surface area contributed by atoms with E-state index in [9.17, 15) is 4.79 Å². The number of hydrogen-bond acceptors (Lipinski definition) is 3. The molecule has 4 N–H and O–H groups in total. The Morgan fingerprint density at radius 1 is 1.11 bits per heavy atom. The summed E-state index contributed by atoms with van der Waals surface area (Å²) in [6.45, 7) is 7.63. The average molecular weight is 402 g/mol. The Balaban J connectivity index is 1.74. The maximum absolute atomic E-state index is 11.7. The molecular weight excluding hydrogens is 370 g/mol. The SMILES string of the molecule is CN=C(NCc1ccc(NC(=O)NC(C)C)cc1)NCC(C)Cc1cccs1. The molecule has 0 fully saturated rings. The fourth-order valence-electron chi connectivity index (χ4n) is 2.66. The number of hydrogen-bond donors (Lipinski definition) is 4. The van der Waals surface area contributed by atoms with E-state index in [1.165, 1.54) is 4.88 Å². The Morgan fingerprint density at radius 2 is 1.86 bits per heavy atom. The standard InChI is InChI=1S/C21H31N5OS/c1-15(2)25-21(27)26-18-9-7-17(8-10-18)14-24-20(22-4)23-13-16(3)12-19-6-5-11-28-19/h5-11,15-16H,12-14H2,1-4H3,(H2,22,23,24)(H2,25,26,27). The summed E-state index contributed by atoms with van der Waals surface area (Å²) in [6.07, 6.45) is 1.07. The molecule has 0 saturated heterocycles. The van der Waals surface area contributed by atoms with Crippen LogP contribution in [0.3, 0.4) is 0 Å². The Hall–Kier alpha value is -2.54. The molecule has 1 unspecified atom stereocenters. The number of anilines is 1. The fraction of sp³-hybridized carbons (Fsp3) is 0.429. The van der Waals surface area contributed by atoms with Gasteiger partial charge in [-0.25, -0.2) is 4.79 Å². The lowest BCUT2D eigenvalue weighted by Gasteiger charge is -2.16. The zero-order valence-electron chi connectivity index (χ0n) is 17.1. The van der Waals surface area contributed by atoms with Gasteiger partial charge >= 0.3 is 6.03 Å². The van der Waals surface area contributed by atoms with E-state index in [-0.39, 0.29) is 12.1 Å². The molecule has 0 saturated carbocycles. The highest BCUT2D eigenvalue weighted by Gasteiger charge is 2.07. The van der Waals surface area contributed by atoms with Gasteiger partial charge in [0.1, 0.15) is 0 Å². The van der Waals surface area contributed by atoms with Crippen LogP contribution in [0.15, 0.2) is 46.8 Å². The first kappa shape index (κ1) is 21.8. The number of rotatable bonds is 8. The van der Waals surface area contributed by atoms with Crippen molar-refractivity contribution in [3.63, 3.8) is 0 Å². The van der Waals surface area contributed by atoms with Crippen LogP contribution < -0.4 is 21.3 Å². The second-order valence-electron chi connectivity index (χ2n) is 7.15. The van der Waals surface area contributed by atoms with Gasteiger partial charge in [0, 0.05) is 36.7 Å². The molecule has 0 aliphatic carbocycles. The number of carbonyl (C=O) groups excluding carboxylic acids is 1. The molecule has 1 aromatic carbocycles. The van der Waals surface area contributed by atoms with Crippen molar-refractivity contribution in [2.75, 3.05) is 18.9 Å². The average Bonchev–Trinajstić information content (AvgIpc) is 3.15. The van der Waals surface area contributed by atoms with Crippen LogP contribution >= 0.6 is 11.3 Å². The third-order valence-electron chi connectivity index (χ3n) is 4.06. The molecule has 0 spiro atoms. The van der Waals surface area contributed by atoms with E-state index in [1.807, 2.05) is 38.1 Å². The summed E-state index contributed by atoms with van der Waals surface area (Å²) in [5, 5.41) is 14.5. The fourth-order valence-corrected chi connectivity index (χ4v) is 3.53. The molecule has 1 heterocycles. The van der Waals surface area contributed by atoms with Gasteiger partial charge < -0.3 is 21.3 Å². The van der Waals surface area contributed by atoms with Gasteiger partial charge in [0.05, 0.1) is 0 Å². The van der Waals surface area contributed by atoms with Crippen LogP contribution in [0.4, 0.5) is 10.5 Å². The first-order chi connectivity index (χ1) is 13.5. The number of benzene rings is 1. The summed E-state index contributed by atoms with van der Waals surface area (Å²) in [5.41, 5.74) is 1.89. The van der Waals surface area contributed by atoms with Crippen molar-refractivity contribution in [2.45, 2.75) is 39.8 Å². The van der Waals surface area contributed by atoms with Crippen molar-refractivity contribution in [3.05, 3.63) is 52.2 Å². The second kappa shape index (κ2) is 11.3. The highest BCUT2D eigenvalue weighted by Crippen LogP contribution is 2.14.